The zero-order valence-corrected chi connectivity index (χ0v) is 28.2. The molecule has 2 aromatic carbocycles. The number of phenols is 1. The van der Waals surface area contributed by atoms with Gasteiger partial charge in [-0.25, -0.2) is 4.39 Å². The first kappa shape index (κ1) is 32.3. The molecule has 1 aromatic heterocycles. The second-order valence-electron chi connectivity index (χ2n) is 13.8. The van der Waals surface area contributed by atoms with Crippen LogP contribution in [0.2, 0.25) is 0 Å². The minimum Gasteiger partial charge on any atom is -0.508 e. The van der Waals surface area contributed by atoms with Gasteiger partial charge in [-0.2, -0.15) is 9.97 Å². The number of aromatic nitrogens is 2. The number of rotatable bonds is 8. The van der Waals surface area contributed by atoms with Gasteiger partial charge in [-0.05, 0) is 99.4 Å². The number of hydrogen-bond donors (Lipinski definition) is 2. The Morgan fingerprint density at radius 2 is 1.91 bits per heavy atom. The number of nitrogens with one attached hydrogen (secondary N) is 1. The van der Waals surface area contributed by atoms with Gasteiger partial charge in [-0.15, -0.1) is 0 Å². The van der Waals surface area contributed by atoms with Crippen LogP contribution in [-0.2, 0) is 4.74 Å². The summed E-state index contributed by atoms with van der Waals surface area (Å²) >= 11 is 7.01. The number of ether oxygens (including phenoxy) is 2. The molecule has 10 heteroatoms. The second-order valence-corrected chi connectivity index (χ2v) is 14.2. The van der Waals surface area contributed by atoms with Crippen LogP contribution in [0.5, 0.6) is 11.8 Å². The smallest absolute Gasteiger partial charge is 0.319 e. The molecule has 7 rings (SSSR count). The first-order valence-electron chi connectivity index (χ1n) is 17.1. The van der Waals surface area contributed by atoms with Crippen LogP contribution in [0.4, 0.5) is 10.2 Å². The molecule has 4 bridgehead atoms. The Morgan fingerprint density at radius 1 is 1.13 bits per heavy atom. The quantitative estimate of drug-likeness (QED) is 0.318. The number of piperazine rings is 1. The fraction of sp³-hybridized carbons (Fsp3) is 0.514. The third-order valence-electron chi connectivity index (χ3n) is 10.4. The number of hydrogen-bond acceptors (Lipinski definition) is 8. The molecule has 0 radical (unpaired) electrons. The van der Waals surface area contributed by atoms with E-state index in [1.807, 2.05) is 31.2 Å². The number of benzene rings is 2. The van der Waals surface area contributed by atoms with E-state index < -0.39 is 0 Å². The summed E-state index contributed by atoms with van der Waals surface area (Å²) in [6.07, 6.45) is 9.19. The Morgan fingerprint density at radius 3 is 2.70 bits per heavy atom. The maximum Gasteiger partial charge on any atom is 0.319 e. The van der Waals surface area contributed by atoms with Gasteiger partial charge in [0.05, 0.1) is 18.8 Å². The predicted octanol–water partition coefficient (Wildman–Crippen LogP) is 5.23. The maximum atomic E-state index is 14.7. The number of piperidine rings is 1. The standard InChI is InChI=1S/C37H45ClFN5O3/c1-22-13-30-16-28(14-23(2)47-30)44(22)11-6-12-46-37-41-35(19-39)33(36(42-37)43-20-26-9-10-27(21-43)40-26)18-34(38)24(3)32-17-29(45)15-25-7-4-5-8-31(25)32/h4-5,7-8,15,17-19,22-23,26-28,30,40,45H,6,9-14,16,20-21H2,1-3H3/b33-18+,34-24-,35-19-. The Bertz CT molecular complexity index is 1770. The molecule has 4 saturated heterocycles. The molecule has 4 aliphatic heterocycles. The Labute approximate surface area is 280 Å². The van der Waals surface area contributed by atoms with Gasteiger partial charge in [0.2, 0.25) is 0 Å². The van der Waals surface area contributed by atoms with E-state index in [1.54, 1.807) is 18.2 Å². The van der Waals surface area contributed by atoms with Crippen molar-refractivity contribution in [3.8, 4) is 11.8 Å². The van der Waals surface area contributed by atoms with E-state index in [4.69, 9.17) is 26.1 Å². The summed E-state index contributed by atoms with van der Waals surface area (Å²) in [6, 6.07) is 13.2. The number of halogens is 2. The second kappa shape index (κ2) is 13.7. The van der Waals surface area contributed by atoms with Gasteiger partial charge in [0.1, 0.15) is 23.2 Å². The lowest BCUT2D eigenvalue weighted by Crippen LogP contribution is -2.55. The average molecular weight is 662 g/mol. The molecule has 0 saturated carbocycles. The molecule has 4 fully saturated rings. The van der Waals surface area contributed by atoms with E-state index in [-0.39, 0.29) is 17.1 Å². The van der Waals surface area contributed by atoms with Crippen LogP contribution in [0.3, 0.4) is 0 Å². The Hall–Kier alpha value is -3.24. The van der Waals surface area contributed by atoms with E-state index in [9.17, 15) is 9.50 Å². The summed E-state index contributed by atoms with van der Waals surface area (Å²) in [5.74, 6) is 0.777. The first-order chi connectivity index (χ1) is 22.7. The zero-order chi connectivity index (χ0) is 32.7. The molecule has 0 amide bonds. The molecule has 8 nitrogen and oxygen atoms in total. The normalized spacial score (nSPS) is 29.0. The summed E-state index contributed by atoms with van der Waals surface area (Å²) in [7, 11) is 0. The molecule has 6 atom stereocenters. The summed E-state index contributed by atoms with van der Waals surface area (Å²) in [6.45, 7) is 9.26. The largest absolute Gasteiger partial charge is 0.508 e. The molecular weight excluding hydrogens is 617 g/mol. The van der Waals surface area contributed by atoms with E-state index in [2.05, 4.69) is 33.9 Å². The van der Waals surface area contributed by atoms with Crippen LogP contribution in [0, 0.1) is 0 Å². The van der Waals surface area contributed by atoms with E-state index >= 15 is 0 Å². The first-order valence-corrected chi connectivity index (χ1v) is 17.5. The molecule has 0 spiro atoms. The monoisotopic (exact) mass is 661 g/mol. The number of allylic oxidation sites excluding steroid dienone is 2. The summed E-state index contributed by atoms with van der Waals surface area (Å²) < 4.78 is 27.0. The zero-order valence-electron chi connectivity index (χ0n) is 27.5. The number of aromatic hydroxyl groups is 1. The molecule has 0 aliphatic carbocycles. The fourth-order valence-electron chi connectivity index (χ4n) is 8.25. The van der Waals surface area contributed by atoms with Gasteiger partial charge >= 0.3 is 6.01 Å². The molecule has 2 N–H and O–H groups in total. The molecule has 4 aliphatic rings. The van der Waals surface area contributed by atoms with Crippen LogP contribution in [0.15, 0.2) is 41.4 Å². The topological polar surface area (TPSA) is 83.0 Å². The highest BCUT2D eigenvalue weighted by Gasteiger charge is 2.38. The average Bonchev–Trinajstić information content (AvgIpc) is 3.40. The van der Waals surface area contributed by atoms with Crippen molar-refractivity contribution in [1.82, 2.24) is 20.2 Å². The van der Waals surface area contributed by atoms with Crippen molar-refractivity contribution in [2.45, 2.75) is 95.7 Å². The van der Waals surface area contributed by atoms with Crippen molar-refractivity contribution in [3.63, 3.8) is 0 Å². The molecule has 3 aromatic rings. The fourth-order valence-corrected chi connectivity index (χ4v) is 8.46. The van der Waals surface area contributed by atoms with Crippen LogP contribution in [-0.4, -0.2) is 82.6 Å². The number of likely N-dealkylation sites (tertiary alicyclic amines) is 1. The summed E-state index contributed by atoms with van der Waals surface area (Å²) in [5.41, 5.74) is 1.57. The van der Waals surface area contributed by atoms with Gasteiger partial charge in [-0.1, -0.05) is 35.9 Å². The Kier molecular flexibility index (Phi) is 9.42. The summed E-state index contributed by atoms with van der Waals surface area (Å²) in [5, 5.41) is 17.1. The van der Waals surface area contributed by atoms with Crippen molar-refractivity contribution in [1.29, 1.82) is 0 Å². The van der Waals surface area contributed by atoms with E-state index in [0.717, 1.165) is 80.1 Å². The molecule has 47 heavy (non-hydrogen) atoms. The van der Waals surface area contributed by atoms with Gasteiger partial charge in [0, 0.05) is 54.1 Å². The van der Waals surface area contributed by atoms with Crippen molar-refractivity contribution in [3.05, 3.63) is 57.6 Å². The van der Waals surface area contributed by atoms with Crippen molar-refractivity contribution >= 4 is 46.2 Å². The maximum absolute atomic E-state index is 14.7. The van der Waals surface area contributed by atoms with Gasteiger partial charge < -0.3 is 24.8 Å². The molecular formula is C37H45ClFN5O3. The van der Waals surface area contributed by atoms with Crippen LogP contribution < -0.4 is 25.5 Å². The van der Waals surface area contributed by atoms with Gasteiger partial charge in [0.25, 0.3) is 0 Å². The van der Waals surface area contributed by atoms with E-state index in [0.29, 0.717) is 65.4 Å². The predicted molar refractivity (Wildman–Crippen MR) is 186 cm³/mol. The number of fused-ring (bicyclic) bond motifs is 5. The van der Waals surface area contributed by atoms with Gasteiger partial charge in [-0.3, -0.25) is 4.90 Å². The SMILES string of the molecule is C\C(=C(Cl)/C=c1/c(N2CC3CCC(C2)N3)nc(OCCCN2C(C)CC3CC2CC(C)O3)n/c1=C\F)c1cc(O)cc2ccccc12. The van der Waals surface area contributed by atoms with Crippen molar-refractivity contribution < 1.29 is 19.0 Å². The third kappa shape index (κ3) is 6.86. The lowest BCUT2D eigenvalue weighted by Gasteiger charge is -2.48. The van der Waals surface area contributed by atoms with Crippen molar-refractivity contribution in [2.75, 3.05) is 31.1 Å². The molecule has 5 heterocycles. The van der Waals surface area contributed by atoms with Crippen LogP contribution in [0.1, 0.15) is 64.9 Å². The highest BCUT2D eigenvalue weighted by Crippen LogP contribution is 2.34. The lowest BCUT2D eigenvalue weighted by atomic mass is 9.87. The third-order valence-corrected chi connectivity index (χ3v) is 10.8. The van der Waals surface area contributed by atoms with Crippen LogP contribution >= 0.6 is 11.6 Å². The highest BCUT2D eigenvalue weighted by molar-refractivity contribution is 6.37. The Balaban J connectivity index is 1.18. The van der Waals surface area contributed by atoms with Crippen LogP contribution in [0.25, 0.3) is 28.8 Å². The minimum atomic E-state index is 0.134. The summed E-state index contributed by atoms with van der Waals surface area (Å²) in [4.78, 5) is 14.2. The van der Waals surface area contributed by atoms with Crippen molar-refractivity contribution in [2.24, 2.45) is 0 Å². The number of phenolic OH excluding ortho intramolecular Hbond substituents is 1. The number of anilines is 1. The molecule has 6 unspecified atom stereocenters. The highest BCUT2D eigenvalue weighted by atomic mass is 35.5. The minimum absolute atomic E-state index is 0.134. The van der Waals surface area contributed by atoms with Gasteiger partial charge in [0.15, 0.2) is 0 Å². The number of nitrogens with zero attached hydrogens (tertiary/aromatic N) is 4. The lowest BCUT2D eigenvalue weighted by molar-refractivity contribution is -0.121. The van der Waals surface area contributed by atoms with E-state index in [1.165, 1.54) is 0 Å². The molecule has 250 valence electrons.